The van der Waals surface area contributed by atoms with Gasteiger partial charge in [-0.2, -0.15) is 0 Å². The maximum absolute atomic E-state index is 10.9. The van der Waals surface area contributed by atoms with Gasteiger partial charge in [-0.25, -0.2) is 0 Å². The standard InChI is InChI=1S/C16H21N3O2/c1-3-12(6-5-9-17-4-2)15-11-18-16-8-7-13(19(20)21)10-14(15)16/h6-8,10-11,17-18H,3-5,9H2,1-2H3. The Labute approximate surface area is 124 Å². The lowest BCUT2D eigenvalue weighted by Crippen LogP contribution is -2.13. The summed E-state index contributed by atoms with van der Waals surface area (Å²) in [4.78, 5) is 13.8. The summed E-state index contributed by atoms with van der Waals surface area (Å²) in [6.45, 7) is 6.11. The molecule has 0 aliphatic carbocycles. The number of benzene rings is 1. The van der Waals surface area contributed by atoms with Crippen molar-refractivity contribution in [1.29, 1.82) is 0 Å². The van der Waals surface area contributed by atoms with Crippen LogP contribution in [0.3, 0.4) is 0 Å². The number of allylic oxidation sites excluding steroid dienone is 1. The molecule has 0 atom stereocenters. The minimum absolute atomic E-state index is 0.131. The number of hydrogen-bond acceptors (Lipinski definition) is 3. The predicted octanol–water partition coefficient (Wildman–Crippen LogP) is 3.87. The zero-order valence-electron chi connectivity index (χ0n) is 12.5. The van der Waals surface area contributed by atoms with E-state index in [9.17, 15) is 10.1 Å². The number of non-ortho nitro benzene ring substituents is 1. The Kier molecular flexibility index (Phi) is 5.11. The first kappa shape index (κ1) is 15.3. The van der Waals surface area contributed by atoms with Crippen molar-refractivity contribution in [2.75, 3.05) is 13.1 Å². The highest BCUT2D eigenvalue weighted by molar-refractivity contribution is 5.93. The third kappa shape index (κ3) is 3.49. The molecular formula is C16H21N3O2. The molecule has 0 aliphatic rings. The first-order chi connectivity index (χ1) is 10.2. The van der Waals surface area contributed by atoms with E-state index in [0.717, 1.165) is 42.4 Å². The van der Waals surface area contributed by atoms with Gasteiger partial charge in [-0.3, -0.25) is 10.1 Å². The van der Waals surface area contributed by atoms with Gasteiger partial charge in [0.15, 0.2) is 0 Å². The topological polar surface area (TPSA) is 71.0 Å². The third-order valence-corrected chi connectivity index (χ3v) is 3.56. The summed E-state index contributed by atoms with van der Waals surface area (Å²) in [5.41, 5.74) is 3.35. The molecule has 0 bridgehead atoms. The lowest BCUT2D eigenvalue weighted by atomic mass is 10.0. The average Bonchev–Trinajstić information content (AvgIpc) is 2.90. The molecule has 0 unspecified atom stereocenters. The Hall–Kier alpha value is -2.14. The Morgan fingerprint density at radius 2 is 2.24 bits per heavy atom. The number of hydrogen-bond donors (Lipinski definition) is 2. The van der Waals surface area contributed by atoms with Crippen molar-refractivity contribution in [2.45, 2.75) is 26.7 Å². The molecule has 112 valence electrons. The van der Waals surface area contributed by atoms with Crippen molar-refractivity contribution in [3.05, 3.63) is 46.1 Å². The van der Waals surface area contributed by atoms with Crippen molar-refractivity contribution in [1.82, 2.24) is 10.3 Å². The molecule has 0 aliphatic heterocycles. The van der Waals surface area contributed by atoms with Crippen LogP contribution in [-0.4, -0.2) is 23.0 Å². The van der Waals surface area contributed by atoms with Crippen molar-refractivity contribution < 1.29 is 4.92 Å². The van der Waals surface area contributed by atoms with E-state index in [-0.39, 0.29) is 10.6 Å². The number of nitrogens with one attached hydrogen (secondary N) is 2. The number of nitro benzene ring substituents is 1. The fraction of sp³-hybridized carbons (Fsp3) is 0.375. The SMILES string of the molecule is CCNCCC=C(CC)c1c[nH]c2ccc([N+](=O)[O-])cc12. The number of rotatable bonds is 7. The highest BCUT2D eigenvalue weighted by atomic mass is 16.6. The van der Waals surface area contributed by atoms with E-state index in [2.05, 4.69) is 30.2 Å². The molecule has 21 heavy (non-hydrogen) atoms. The van der Waals surface area contributed by atoms with Gasteiger partial charge >= 0.3 is 0 Å². The van der Waals surface area contributed by atoms with Gasteiger partial charge in [-0.1, -0.05) is 19.9 Å². The van der Waals surface area contributed by atoms with Gasteiger partial charge in [0.25, 0.3) is 5.69 Å². The van der Waals surface area contributed by atoms with E-state index in [1.165, 1.54) is 11.6 Å². The van der Waals surface area contributed by atoms with E-state index < -0.39 is 0 Å². The smallest absolute Gasteiger partial charge is 0.270 e. The van der Waals surface area contributed by atoms with Crippen LogP contribution in [0.15, 0.2) is 30.5 Å². The minimum Gasteiger partial charge on any atom is -0.361 e. The van der Waals surface area contributed by atoms with Crippen molar-refractivity contribution in [3.63, 3.8) is 0 Å². The normalized spacial score (nSPS) is 12.0. The van der Waals surface area contributed by atoms with Crippen LogP contribution in [0.25, 0.3) is 16.5 Å². The maximum Gasteiger partial charge on any atom is 0.270 e. The van der Waals surface area contributed by atoms with Crippen LogP contribution in [-0.2, 0) is 0 Å². The average molecular weight is 287 g/mol. The molecule has 2 N–H and O–H groups in total. The lowest BCUT2D eigenvalue weighted by Gasteiger charge is -2.04. The molecule has 1 heterocycles. The molecule has 1 aromatic carbocycles. The van der Waals surface area contributed by atoms with E-state index in [4.69, 9.17) is 0 Å². The second kappa shape index (κ2) is 7.04. The molecule has 0 saturated carbocycles. The quantitative estimate of drug-likeness (QED) is 0.461. The number of aromatic nitrogens is 1. The number of fused-ring (bicyclic) bond motifs is 1. The first-order valence-electron chi connectivity index (χ1n) is 7.33. The predicted molar refractivity (Wildman–Crippen MR) is 86.4 cm³/mol. The summed E-state index contributed by atoms with van der Waals surface area (Å²) in [5.74, 6) is 0. The Bertz CT molecular complexity index is 659. The molecule has 0 radical (unpaired) electrons. The molecule has 2 rings (SSSR count). The molecule has 1 aromatic heterocycles. The molecule has 0 fully saturated rings. The van der Waals surface area contributed by atoms with E-state index in [0.29, 0.717) is 0 Å². The van der Waals surface area contributed by atoms with E-state index in [1.807, 2.05) is 6.20 Å². The van der Waals surface area contributed by atoms with Crippen LogP contribution in [0.5, 0.6) is 0 Å². The summed E-state index contributed by atoms with van der Waals surface area (Å²) in [5, 5.41) is 15.1. The molecule has 2 aromatic rings. The van der Waals surface area contributed by atoms with Gasteiger partial charge < -0.3 is 10.3 Å². The Morgan fingerprint density at radius 1 is 1.43 bits per heavy atom. The van der Waals surface area contributed by atoms with Crippen molar-refractivity contribution in [3.8, 4) is 0 Å². The monoisotopic (exact) mass is 287 g/mol. The van der Waals surface area contributed by atoms with Gasteiger partial charge in [-0.05, 0) is 37.6 Å². The first-order valence-corrected chi connectivity index (χ1v) is 7.33. The third-order valence-electron chi connectivity index (χ3n) is 3.56. The summed E-state index contributed by atoms with van der Waals surface area (Å²) in [6.07, 6.45) is 6.02. The summed E-state index contributed by atoms with van der Waals surface area (Å²) < 4.78 is 0. The highest BCUT2D eigenvalue weighted by Gasteiger charge is 2.12. The molecule has 5 nitrogen and oxygen atoms in total. The van der Waals surface area contributed by atoms with Crippen LogP contribution in [0.2, 0.25) is 0 Å². The zero-order valence-corrected chi connectivity index (χ0v) is 12.5. The molecule has 0 spiro atoms. The highest BCUT2D eigenvalue weighted by Crippen LogP contribution is 2.30. The number of nitrogens with zero attached hydrogens (tertiary/aromatic N) is 1. The molecule has 5 heteroatoms. The lowest BCUT2D eigenvalue weighted by molar-refractivity contribution is -0.384. The Balaban J connectivity index is 2.34. The van der Waals surface area contributed by atoms with Crippen molar-refractivity contribution in [2.24, 2.45) is 0 Å². The second-order valence-corrected chi connectivity index (χ2v) is 4.91. The van der Waals surface area contributed by atoms with Gasteiger partial charge in [0.05, 0.1) is 4.92 Å². The maximum atomic E-state index is 10.9. The molecule has 0 amide bonds. The minimum atomic E-state index is -0.350. The zero-order chi connectivity index (χ0) is 15.2. The molecule has 0 saturated heterocycles. The number of nitro groups is 1. The number of aromatic amines is 1. The van der Waals surface area contributed by atoms with Gasteiger partial charge in [0.1, 0.15) is 0 Å². The van der Waals surface area contributed by atoms with Gasteiger partial charge in [0.2, 0.25) is 0 Å². The van der Waals surface area contributed by atoms with Crippen LogP contribution >= 0.6 is 0 Å². The largest absolute Gasteiger partial charge is 0.361 e. The fourth-order valence-corrected chi connectivity index (χ4v) is 2.46. The van der Waals surface area contributed by atoms with Crippen molar-refractivity contribution >= 4 is 22.2 Å². The summed E-state index contributed by atoms with van der Waals surface area (Å²) >= 11 is 0. The second-order valence-electron chi connectivity index (χ2n) is 4.91. The fourth-order valence-electron chi connectivity index (χ4n) is 2.46. The van der Waals surface area contributed by atoms with Crippen LogP contribution in [0.4, 0.5) is 5.69 Å². The van der Waals surface area contributed by atoms with Crippen LogP contribution in [0, 0.1) is 10.1 Å². The van der Waals surface area contributed by atoms with Crippen LogP contribution in [0.1, 0.15) is 32.3 Å². The molecular weight excluding hydrogens is 266 g/mol. The van der Waals surface area contributed by atoms with E-state index in [1.54, 1.807) is 12.1 Å². The van der Waals surface area contributed by atoms with E-state index >= 15 is 0 Å². The number of H-pyrrole nitrogens is 1. The summed E-state index contributed by atoms with van der Waals surface area (Å²) in [7, 11) is 0. The van der Waals surface area contributed by atoms with Gasteiger partial charge in [0, 0.05) is 34.8 Å². The Morgan fingerprint density at radius 3 is 2.90 bits per heavy atom. The summed E-state index contributed by atoms with van der Waals surface area (Å²) in [6, 6.07) is 4.95. The van der Waals surface area contributed by atoms with Crippen LogP contribution < -0.4 is 5.32 Å². The van der Waals surface area contributed by atoms with Gasteiger partial charge in [-0.15, -0.1) is 0 Å².